The van der Waals surface area contributed by atoms with Crippen LogP contribution in [0.15, 0.2) is 53.5 Å². The van der Waals surface area contributed by atoms with Gasteiger partial charge in [0.15, 0.2) is 0 Å². The Hall–Kier alpha value is -2.40. The monoisotopic (exact) mass is 311 g/mol. The van der Waals surface area contributed by atoms with Crippen molar-refractivity contribution in [3.05, 3.63) is 70.1 Å². The van der Waals surface area contributed by atoms with E-state index in [0.717, 1.165) is 13.1 Å². The fourth-order valence-electron chi connectivity index (χ4n) is 3.03. The molecule has 2 N–H and O–H groups in total. The Morgan fingerprint density at radius 1 is 1.13 bits per heavy atom. The predicted molar refractivity (Wildman–Crippen MR) is 89.4 cm³/mol. The van der Waals surface area contributed by atoms with Gasteiger partial charge in [0.2, 0.25) is 5.56 Å². The Balaban J connectivity index is 1.70. The number of aromatic nitrogens is 1. The number of hydrogen-bond donors (Lipinski definition) is 2. The highest BCUT2D eigenvalue weighted by molar-refractivity contribution is 5.93. The molecule has 1 saturated heterocycles. The van der Waals surface area contributed by atoms with E-state index in [1.165, 1.54) is 30.7 Å². The zero-order valence-electron chi connectivity index (χ0n) is 13.0. The summed E-state index contributed by atoms with van der Waals surface area (Å²) in [7, 11) is 0. The second kappa shape index (κ2) is 7.24. The van der Waals surface area contributed by atoms with Crippen LogP contribution >= 0.6 is 0 Å². The van der Waals surface area contributed by atoms with E-state index in [1.54, 1.807) is 6.07 Å². The average molecular weight is 311 g/mol. The second-order valence-electron chi connectivity index (χ2n) is 5.82. The fourth-order valence-corrected chi connectivity index (χ4v) is 3.03. The number of carbonyl (C=O) groups is 1. The maximum Gasteiger partial charge on any atom is 0.252 e. The summed E-state index contributed by atoms with van der Waals surface area (Å²) < 4.78 is 0. The van der Waals surface area contributed by atoms with E-state index in [-0.39, 0.29) is 17.5 Å². The highest BCUT2D eigenvalue weighted by Crippen LogP contribution is 2.24. The minimum Gasteiger partial charge on any atom is -0.350 e. The predicted octanol–water partition coefficient (Wildman–Crippen LogP) is 1.94. The first-order valence-electron chi connectivity index (χ1n) is 8.00. The van der Waals surface area contributed by atoms with Crippen molar-refractivity contribution in [3.63, 3.8) is 0 Å². The van der Waals surface area contributed by atoms with Gasteiger partial charge in [-0.15, -0.1) is 0 Å². The number of H-pyrrole nitrogens is 1. The SMILES string of the molecule is O=C(NCC(c1ccccc1)N1CCCC1)c1ccc(=O)[nH]c1. The van der Waals surface area contributed by atoms with Crippen LogP contribution in [0.1, 0.15) is 34.8 Å². The van der Waals surface area contributed by atoms with Crippen molar-refractivity contribution in [1.29, 1.82) is 0 Å². The van der Waals surface area contributed by atoms with Gasteiger partial charge in [-0.2, -0.15) is 0 Å². The lowest BCUT2D eigenvalue weighted by molar-refractivity contribution is 0.0937. The number of hydrogen-bond acceptors (Lipinski definition) is 3. The lowest BCUT2D eigenvalue weighted by Gasteiger charge is -2.28. The normalized spacial score (nSPS) is 16.2. The molecule has 0 saturated carbocycles. The van der Waals surface area contributed by atoms with Crippen molar-refractivity contribution in [2.24, 2.45) is 0 Å². The van der Waals surface area contributed by atoms with E-state index in [9.17, 15) is 9.59 Å². The third kappa shape index (κ3) is 3.87. The van der Waals surface area contributed by atoms with Gasteiger partial charge >= 0.3 is 0 Å². The maximum absolute atomic E-state index is 12.3. The lowest BCUT2D eigenvalue weighted by atomic mass is 10.1. The van der Waals surface area contributed by atoms with E-state index in [1.807, 2.05) is 18.2 Å². The number of carbonyl (C=O) groups excluding carboxylic acids is 1. The summed E-state index contributed by atoms with van der Waals surface area (Å²) >= 11 is 0. The highest BCUT2D eigenvalue weighted by Gasteiger charge is 2.23. The smallest absolute Gasteiger partial charge is 0.252 e. The molecule has 1 aliphatic rings. The first kappa shape index (κ1) is 15.5. The molecule has 5 nitrogen and oxygen atoms in total. The molecule has 2 heterocycles. The summed E-state index contributed by atoms with van der Waals surface area (Å²) in [5.74, 6) is -0.165. The van der Waals surface area contributed by atoms with Crippen LogP contribution in [0.5, 0.6) is 0 Å². The van der Waals surface area contributed by atoms with Gasteiger partial charge < -0.3 is 10.3 Å². The molecule has 1 aromatic carbocycles. The Bertz CT molecular complexity index is 685. The largest absolute Gasteiger partial charge is 0.350 e. The first-order valence-corrected chi connectivity index (χ1v) is 8.00. The minimum absolute atomic E-state index is 0.165. The Labute approximate surface area is 135 Å². The molecule has 0 bridgehead atoms. The summed E-state index contributed by atoms with van der Waals surface area (Å²) in [5.41, 5.74) is 1.48. The molecule has 3 rings (SSSR count). The molecular weight excluding hydrogens is 290 g/mol. The number of nitrogens with zero attached hydrogens (tertiary/aromatic N) is 1. The van der Waals surface area contributed by atoms with Gasteiger partial charge in [-0.25, -0.2) is 0 Å². The number of nitrogens with one attached hydrogen (secondary N) is 2. The van der Waals surface area contributed by atoms with Gasteiger partial charge in [-0.05, 0) is 37.6 Å². The summed E-state index contributed by atoms with van der Waals surface area (Å²) in [4.78, 5) is 28.3. The van der Waals surface area contributed by atoms with Crippen molar-refractivity contribution in [1.82, 2.24) is 15.2 Å². The van der Waals surface area contributed by atoms with Crippen molar-refractivity contribution in [2.75, 3.05) is 19.6 Å². The van der Waals surface area contributed by atoms with Gasteiger partial charge in [0, 0.05) is 18.8 Å². The van der Waals surface area contributed by atoms with Crippen molar-refractivity contribution in [2.45, 2.75) is 18.9 Å². The van der Waals surface area contributed by atoms with Gasteiger partial charge in [-0.1, -0.05) is 30.3 Å². The van der Waals surface area contributed by atoms with E-state index in [2.05, 4.69) is 27.3 Å². The van der Waals surface area contributed by atoms with Crippen LogP contribution < -0.4 is 10.9 Å². The van der Waals surface area contributed by atoms with E-state index in [0.29, 0.717) is 12.1 Å². The molecule has 5 heteroatoms. The van der Waals surface area contributed by atoms with E-state index in [4.69, 9.17) is 0 Å². The van der Waals surface area contributed by atoms with Gasteiger partial charge in [-0.3, -0.25) is 14.5 Å². The van der Waals surface area contributed by atoms with E-state index < -0.39 is 0 Å². The molecule has 0 aliphatic carbocycles. The highest BCUT2D eigenvalue weighted by atomic mass is 16.1. The van der Waals surface area contributed by atoms with Crippen LogP contribution in [0.3, 0.4) is 0 Å². The molecule has 120 valence electrons. The number of aromatic amines is 1. The zero-order valence-corrected chi connectivity index (χ0v) is 13.0. The van der Waals surface area contributed by atoms with Gasteiger partial charge in [0.1, 0.15) is 0 Å². The molecule has 1 unspecified atom stereocenters. The van der Waals surface area contributed by atoms with Crippen LogP contribution in [-0.2, 0) is 0 Å². The molecule has 1 amide bonds. The molecule has 1 fully saturated rings. The Morgan fingerprint density at radius 2 is 1.87 bits per heavy atom. The van der Waals surface area contributed by atoms with Crippen molar-refractivity contribution < 1.29 is 4.79 Å². The standard InChI is InChI=1S/C18H21N3O2/c22-17-9-8-15(12-19-17)18(23)20-13-16(21-10-4-5-11-21)14-6-2-1-3-7-14/h1-3,6-9,12,16H,4-5,10-11,13H2,(H,19,22)(H,20,23). The topological polar surface area (TPSA) is 65.2 Å². The van der Waals surface area contributed by atoms with Crippen LogP contribution in [0, 0.1) is 0 Å². The molecule has 1 atom stereocenters. The van der Waals surface area contributed by atoms with Crippen LogP contribution in [0.25, 0.3) is 0 Å². The number of benzene rings is 1. The molecule has 0 spiro atoms. The number of amides is 1. The van der Waals surface area contributed by atoms with Crippen LogP contribution in [-0.4, -0.2) is 35.4 Å². The Kier molecular flexibility index (Phi) is 4.88. The molecule has 23 heavy (non-hydrogen) atoms. The number of rotatable bonds is 5. The number of likely N-dealkylation sites (tertiary alicyclic amines) is 1. The Morgan fingerprint density at radius 3 is 2.52 bits per heavy atom. The third-order valence-electron chi connectivity index (χ3n) is 4.27. The van der Waals surface area contributed by atoms with Crippen molar-refractivity contribution in [3.8, 4) is 0 Å². The molecule has 2 aromatic rings. The molecule has 1 aliphatic heterocycles. The molecule has 0 radical (unpaired) electrons. The van der Waals surface area contributed by atoms with Crippen molar-refractivity contribution >= 4 is 5.91 Å². The van der Waals surface area contributed by atoms with E-state index >= 15 is 0 Å². The average Bonchev–Trinajstić information content (AvgIpc) is 3.11. The second-order valence-corrected chi connectivity index (χ2v) is 5.82. The molecular formula is C18H21N3O2. The first-order chi connectivity index (χ1) is 11.2. The summed E-state index contributed by atoms with van der Waals surface area (Å²) in [6.45, 7) is 2.68. The summed E-state index contributed by atoms with van der Waals surface area (Å²) in [6.07, 6.45) is 3.86. The summed E-state index contributed by atoms with van der Waals surface area (Å²) in [5, 5.41) is 2.99. The van der Waals surface area contributed by atoms with Crippen LogP contribution in [0.2, 0.25) is 0 Å². The quantitative estimate of drug-likeness (QED) is 0.887. The lowest BCUT2D eigenvalue weighted by Crippen LogP contribution is -2.36. The third-order valence-corrected chi connectivity index (χ3v) is 4.27. The number of pyridine rings is 1. The zero-order chi connectivity index (χ0) is 16.1. The summed E-state index contributed by atoms with van der Waals surface area (Å²) in [6, 6.07) is 13.4. The van der Waals surface area contributed by atoms with Gasteiger partial charge in [0.05, 0.1) is 11.6 Å². The van der Waals surface area contributed by atoms with Crippen LogP contribution in [0.4, 0.5) is 0 Å². The molecule has 1 aromatic heterocycles. The fraction of sp³-hybridized carbons (Fsp3) is 0.333. The maximum atomic E-state index is 12.3. The minimum atomic E-state index is -0.208. The van der Waals surface area contributed by atoms with Gasteiger partial charge in [0.25, 0.3) is 5.91 Å².